The average molecular weight is 522 g/mol. The van der Waals surface area contributed by atoms with Gasteiger partial charge >= 0.3 is 0 Å². The van der Waals surface area contributed by atoms with Crippen molar-refractivity contribution in [3.05, 3.63) is 87.7 Å². The summed E-state index contributed by atoms with van der Waals surface area (Å²) < 4.78 is 23.2. The minimum atomic E-state index is -1.01. The molecule has 1 N–H and O–H groups in total. The maximum absolute atomic E-state index is 13.6. The number of nitrogens with zero attached hydrogens (tertiary/aromatic N) is 1. The SMILES string of the molecule is Cc1ccc(C2C(C(=O)c3cc4cc(Br)ccc4o3)=C(O)C(=O)N2c2ccc3c(c2)OCO3)o1. The lowest BCUT2D eigenvalue weighted by molar-refractivity contribution is -0.117. The molecule has 34 heavy (non-hydrogen) atoms. The number of aliphatic hydroxyl groups is 1. The molecule has 0 spiro atoms. The maximum atomic E-state index is 13.6. The Balaban J connectivity index is 1.48. The zero-order valence-electron chi connectivity index (χ0n) is 17.7. The lowest BCUT2D eigenvalue weighted by Crippen LogP contribution is -2.30. The van der Waals surface area contributed by atoms with E-state index in [4.69, 9.17) is 18.3 Å². The van der Waals surface area contributed by atoms with Crippen molar-refractivity contribution in [2.45, 2.75) is 13.0 Å². The smallest absolute Gasteiger partial charge is 0.294 e. The summed E-state index contributed by atoms with van der Waals surface area (Å²) in [6.45, 7) is 1.83. The van der Waals surface area contributed by atoms with Crippen molar-refractivity contribution in [2.24, 2.45) is 0 Å². The Morgan fingerprint density at radius 3 is 2.65 bits per heavy atom. The number of ketones is 1. The van der Waals surface area contributed by atoms with Gasteiger partial charge in [0.15, 0.2) is 23.0 Å². The number of furan rings is 2. The van der Waals surface area contributed by atoms with Gasteiger partial charge in [0.05, 0.1) is 5.57 Å². The summed E-state index contributed by atoms with van der Waals surface area (Å²) in [5, 5.41) is 11.6. The molecule has 0 radical (unpaired) electrons. The third kappa shape index (κ3) is 3.12. The molecule has 1 atom stereocenters. The molecule has 6 rings (SSSR count). The second-order valence-corrected chi connectivity index (χ2v) is 8.86. The number of Topliss-reactive ketones (excluding diaryl/α,β-unsaturated/α-hetero) is 1. The first kappa shape index (κ1) is 20.6. The third-order valence-corrected chi connectivity index (χ3v) is 6.31. The van der Waals surface area contributed by atoms with Crippen molar-refractivity contribution in [3.8, 4) is 11.5 Å². The molecule has 4 heterocycles. The monoisotopic (exact) mass is 521 g/mol. The zero-order chi connectivity index (χ0) is 23.6. The van der Waals surface area contributed by atoms with Gasteiger partial charge in [0, 0.05) is 21.6 Å². The third-order valence-electron chi connectivity index (χ3n) is 5.82. The van der Waals surface area contributed by atoms with Crippen molar-refractivity contribution < 1.29 is 33.0 Å². The topological polar surface area (TPSA) is 102 Å². The van der Waals surface area contributed by atoms with Crippen molar-refractivity contribution in [3.63, 3.8) is 0 Å². The Kier molecular flexibility index (Phi) is 4.56. The van der Waals surface area contributed by atoms with Crippen LogP contribution in [0.2, 0.25) is 0 Å². The molecule has 1 amide bonds. The van der Waals surface area contributed by atoms with Gasteiger partial charge in [0.25, 0.3) is 5.91 Å². The van der Waals surface area contributed by atoms with E-state index in [-0.39, 0.29) is 18.1 Å². The molecule has 1 unspecified atom stereocenters. The number of rotatable bonds is 4. The van der Waals surface area contributed by atoms with Crippen LogP contribution in [0.5, 0.6) is 11.5 Å². The summed E-state index contributed by atoms with van der Waals surface area (Å²) >= 11 is 3.40. The Hall–Kier alpha value is -3.98. The Labute approximate surface area is 201 Å². The average Bonchev–Trinajstić information content (AvgIpc) is 3.59. The molecule has 0 bridgehead atoms. The van der Waals surface area contributed by atoms with Crippen LogP contribution < -0.4 is 14.4 Å². The second-order valence-electron chi connectivity index (χ2n) is 7.95. The summed E-state index contributed by atoms with van der Waals surface area (Å²) in [4.78, 5) is 28.2. The number of fused-ring (bicyclic) bond motifs is 2. The lowest BCUT2D eigenvalue weighted by Gasteiger charge is -2.25. The van der Waals surface area contributed by atoms with E-state index >= 15 is 0 Å². The van der Waals surface area contributed by atoms with Gasteiger partial charge in [-0.25, -0.2) is 0 Å². The van der Waals surface area contributed by atoms with Crippen molar-refractivity contribution in [1.82, 2.24) is 0 Å². The summed E-state index contributed by atoms with van der Waals surface area (Å²) in [6, 6.07) is 14.3. The van der Waals surface area contributed by atoms with E-state index in [0.717, 1.165) is 4.47 Å². The number of amides is 1. The summed E-state index contributed by atoms with van der Waals surface area (Å²) in [6.07, 6.45) is 0. The van der Waals surface area contributed by atoms with Crippen LogP contribution in [0.15, 0.2) is 79.2 Å². The van der Waals surface area contributed by atoms with E-state index < -0.39 is 23.5 Å². The van der Waals surface area contributed by atoms with Crippen LogP contribution in [0, 0.1) is 6.92 Å². The quantitative estimate of drug-likeness (QED) is 0.348. The first-order valence-corrected chi connectivity index (χ1v) is 11.2. The van der Waals surface area contributed by atoms with E-state index in [1.54, 1.807) is 55.5 Å². The highest BCUT2D eigenvalue weighted by atomic mass is 79.9. The van der Waals surface area contributed by atoms with Gasteiger partial charge in [-0.15, -0.1) is 0 Å². The van der Waals surface area contributed by atoms with Gasteiger partial charge in [0.1, 0.15) is 23.1 Å². The molecule has 8 nitrogen and oxygen atoms in total. The van der Waals surface area contributed by atoms with E-state index in [9.17, 15) is 14.7 Å². The van der Waals surface area contributed by atoms with Gasteiger partial charge in [0.2, 0.25) is 12.6 Å². The molecule has 0 fully saturated rings. The fourth-order valence-corrected chi connectivity index (χ4v) is 4.65. The molecule has 9 heteroatoms. The molecule has 2 aliphatic heterocycles. The van der Waals surface area contributed by atoms with Crippen LogP contribution in [-0.4, -0.2) is 23.6 Å². The molecular weight excluding hydrogens is 506 g/mol. The van der Waals surface area contributed by atoms with Crippen LogP contribution >= 0.6 is 15.9 Å². The predicted molar refractivity (Wildman–Crippen MR) is 124 cm³/mol. The Morgan fingerprint density at radius 2 is 1.85 bits per heavy atom. The Morgan fingerprint density at radius 1 is 1.03 bits per heavy atom. The van der Waals surface area contributed by atoms with Crippen LogP contribution in [0.3, 0.4) is 0 Å². The molecule has 2 aliphatic rings. The van der Waals surface area contributed by atoms with Crippen LogP contribution in [-0.2, 0) is 4.79 Å². The normalized spacial score (nSPS) is 17.3. The van der Waals surface area contributed by atoms with Gasteiger partial charge < -0.3 is 23.4 Å². The first-order chi connectivity index (χ1) is 16.4. The van der Waals surface area contributed by atoms with Gasteiger partial charge in [-0.1, -0.05) is 15.9 Å². The molecule has 4 aromatic rings. The first-order valence-electron chi connectivity index (χ1n) is 10.4. The number of hydrogen-bond donors (Lipinski definition) is 1. The van der Waals surface area contributed by atoms with E-state index in [1.807, 2.05) is 6.07 Å². The lowest BCUT2D eigenvalue weighted by atomic mass is 9.99. The highest BCUT2D eigenvalue weighted by molar-refractivity contribution is 9.10. The number of ether oxygens (including phenoxy) is 2. The number of hydrogen-bond acceptors (Lipinski definition) is 7. The molecule has 0 saturated carbocycles. The number of halogens is 1. The molecule has 0 aliphatic carbocycles. The van der Waals surface area contributed by atoms with Crippen LogP contribution in [0.4, 0.5) is 5.69 Å². The molecule has 2 aromatic heterocycles. The number of benzene rings is 2. The van der Waals surface area contributed by atoms with Gasteiger partial charge in [-0.05, 0) is 55.5 Å². The fraction of sp³-hybridized carbons (Fsp3) is 0.120. The maximum Gasteiger partial charge on any atom is 0.294 e. The highest BCUT2D eigenvalue weighted by Crippen LogP contribution is 2.45. The fourth-order valence-electron chi connectivity index (χ4n) is 4.27. The summed E-state index contributed by atoms with van der Waals surface area (Å²) in [5.41, 5.74) is 0.792. The number of anilines is 1. The second kappa shape index (κ2) is 7.53. The van der Waals surface area contributed by atoms with Crippen molar-refractivity contribution >= 4 is 44.3 Å². The van der Waals surface area contributed by atoms with Gasteiger partial charge in [-0.2, -0.15) is 0 Å². The van der Waals surface area contributed by atoms with Crippen molar-refractivity contribution in [1.29, 1.82) is 0 Å². The van der Waals surface area contributed by atoms with E-state index in [0.29, 0.717) is 39.7 Å². The minimum absolute atomic E-state index is 0.00302. The largest absolute Gasteiger partial charge is 0.503 e. The molecular formula is C25H16BrNO7. The van der Waals surface area contributed by atoms with Gasteiger partial charge in [-0.3, -0.25) is 14.5 Å². The van der Waals surface area contributed by atoms with E-state index in [2.05, 4.69) is 15.9 Å². The summed E-state index contributed by atoms with van der Waals surface area (Å²) in [7, 11) is 0. The summed E-state index contributed by atoms with van der Waals surface area (Å²) in [5.74, 6) is -0.0774. The Bertz CT molecular complexity index is 1530. The molecule has 0 saturated heterocycles. The number of aryl methyl sites for hydroxylation is 1. The highest BCUT2D eigenvalue weighted by Gasteiger charge is 2.47. The zero-order valence-corrected chi connectivity index (χ0v) is 19.3. The molecule has 2 aromatic carbocycles. The number of carbonyl (C=O) groups is 2. The predicted octanol–water partition coefficient (Wildman–Crippen LogP) is 5.61. The van der Waals surface area contributed by atoms with Crippen LogP contribution in [0.25, 0.3) is 11.0 Å². The van der Waals surface area contributed by atoms with Crippen LogP contribution in [0.1, 0.15) is 28.1 Å². The number of carbonyl (C=O) groups excluding carboxylic acids is 2. The minimum Gasteiger partial charge on any atom is -0.503 e. The van der Waals surface area contributed by atoms with E-state index in [1.165, 1.54) is 4.90 Å². The molecule has 170 valence electrons. The standard InChI is InChI=1S/C25H16BrNO7/c1-12-2-5-18(33-12)22-21(23(28)20-9-13-8-14(26)3-6-16(13)34-20)24(29)25(30)27(22)15-4-7-17-19(10-15)32-11-31-17/h2-10,22,29H,11H2,1H3. The van der Waals surface area contributed by atoms with Crippen molar-refractivity contribution in [2.75, 3.05) is 11.7 Å². The number of aliphatic hydroxyl groups excluding tert-OH is 1.